The summed E-state index contributed by atoms with van der Waals surface area (Å²) in [6, 6.07) is 6.40. The third-order valence-electron chi connectivity index (χ3n) is 4.54. The number of hydrogen-bond acceptors (Lipinski definition) is 3. The largest absolute Gasteiger partial charge is 0.355 e. The van der Waals surface area contributed by atoms with E-state index in [0.717, 1.165) is 43.3 Å². The minimum atomic E-state index is 0.200. The molecule has 2 aromatic rings. The first-order valence-electron chi connectivity index (χ1n) is 8.15. The van der Waals surface area contributed by atoms with Crippen LogP contribution in [-0.4, -0.2) is 28.5 Å². The Balaban J connectivity index is 2.01. The molecule has 1 saturated heterocycles. The number of rotatable bonds is 4. The molecule has 0 saturated carbocycles. The summed E-state index contributed by atoms with van der Waals surface area (Å²) in [5.41, 5.74) is 8.53. The van der Waals surface area contributed by atoms with Gasteiger partial charge in [-0.15, -0.1) is 0 Å². The Morgan fingerprint density at radius 3 is 3.05 bits per heavy atom. The molecule has 1 aliphatic rings. The zero-order chi connectivity index (χ0) is 14.8. The van der Waals surface area contributed by atoms with E-state index in [1.807, 2.05) is 0 Å². The van der Waals surface area contributed by atoms with Gasteiger partial charge in [-0.2, -0.15) is 0 Å². The van der Waals surface area contributed by atoms with E-state index < -0.39 is 0 Å². The molecule has 2 aromatic heterocycles. The lowest BCUT2D eigenvalue weighted by atomic mass is 10.00. The molecule has 0 spiro atoms. The van der Waals surface area contributed by atoms with Crippen molar-refractivity contribution in [2.75, 3.05) is 18.0 Å². The molecule has 0 amide bonds. The summed E-state index contributed by atoms with van der Waals surface area (Å²) in [5, 5.41) is 0. The summed E-state index contributed by atoms with van der Waals surface area (Å²) >= 11 is 0. The SMILES string of the molecule is CCC(N)Cc1c(N2CCCC(C)C2)nc2ccccn12. The summed E-state index contributed by atoms with van der Waals surface area (Å²) in [7, 11) is 0. The Morgan fingerprint density at radius 2 is 2.29 bits per heavy atom. The van der Waals surface area contributed by atoms with Gasteiger partial charge in [-0.05, 0) is 37.3 Å². The zero-order valence-electron chi connectivity index (χ0n) is 13.1. The van der Waals surface area contributed by atoms with Crippen molar-refractivity contribution in [2.24, 2.45) is 11.7 Å². The quantitative estimate of drug-likeness (QED) is 0.940. The third-order valence-corrected chi connectivity index (χ3v) is 4.54. The molecular weight excluding hydrogens is 260 g/mol. The second kappa shape index (κ2) is 6.06. The predicted octanol–water partition coefficient (Wildman–Crippen LogP) is 2.85. The number of piperidine rings is 1. The highest BCUT2D eigenvalue weighted by Gasteiger charge is 2.23. The lowest BCUT2D eigenvalue weighted by Crippen LogP contribution is -2.35. The van der Waals surface area contributed by atoms with Crippen LogP contribution in [-0.2, 0) is 6.42 Å². The van der Waals surface area contributed by atoms with E-state index in [2.05, 4.69) is 47.5 Å². The fourth-order valence-corrected chi connectivity index (χ4v) is 3.25. The minimum absolute atomic E-state index is 0.200. The van der Waals surface area contributed by atoms with Gasteiger partial charge in [-0.25, -0.2) is 4.98 Å². The highest BCUT2D eigenvalue weighted by atomic mass is 15.2. The van der Waals surface area contributed by atoms with Gasteiger partial charge in [-0.3, -0.25) is 0 Å². The van der Waals surface area contributed by atoms with Crippen LogP contribution >= 0.6 is 0 Å². The average Bonchev–Trinajstić information content (AvgIpc) is 2.86. The van der Waals surface area contributed by atoms with Crippen molar-refractivity contribution in [2.45, 2.75) is 45.6 Å². The molecule has 4 nitrogen and oxygen atoms in total. The van der Waals surface area contributed by atoms with Gasteiger partial charge < -0.3 is 15.0 Å². The van der Waals surface area contributed by atoms with Gasteiger partial charge in [0.2, 0.25) is 0 Å². The molecule has 0 aliphatic carbocycles. The number of anilines is 1. The third kappa shape index (κ3) is 2.91. The second-order valence-electron chi connectivity index (χ2n) is 6.38. The zero-order valence-corrected chi connectivity index (χ0v) is 13.1. The van der Waals surface area contributed by atoms with Crippen LogP contribution in [0.4, 0.5) is 5.82 Å². The van der Waals surface area contributed by atoms with Gasteiger partial charge in [0.25, 0.3) is 0 Å². The van der Waals surface area contributed by atoms with Gasteiger partial charge >= 0.3 is 0 Å². The van der Waals surface area contributed by atoms with Crippen molar-refractivity contribution in [3.8, 4) is 0 Å². The molecular formula is C17H26N4. The molecule has 0 aromatic carbocycles. The highest BCUT2D eigenvalue weighted by Crippen LogP contribution is 2.27. The highest BCUT2D eigenvalue weighted by molar-refractivity contribution is 5.56. The van der Waals surface area contributed by atoms with E-state index in [4.69, 9.17) is 10.7 Å². The molecule has 1 aliphatic heterocycles. The van der Waals surface area contributed by atoms with Crippen molar-refractivity contribution < 1.29 is 0 Å². The van der Waals surface area contributed by atoms with Crippen molar-refractivity contribution in [3.05, 3.63) is 30.1 Å². The number of imidazole rings is 1. The molecule has 1 fully saturated rings. The van der Waals surface area contributed by atoms with Crippen LogP contribution in [0.15, 0.2) is 24.4 Å². The number of nitrogens with two attached hydrogens (primary N) is 1. The Morgan fingerprint density at radius 1 is 1.43 bits per heavy atom. The van der Waals surface area contributed by atoms with Crippen molar-refractivity contribution in [3.63, 3.8) is 0 Å². The van der Waals surface area contributed by atoms with Crippen LogP contribution in [0.25, 0.3) is 5.65 Å². The standard InChI is InChI=1S/C17H26N4/c1-3-14(18)11-15-17(20-9-6-7-13(2)12-20)19-16-8-4-5-10-21(15)16/h4-5,8,10,13-14H,3,6-7,9,11-12,18H2,1-2H3. The Kier molecular flexibility index (Phi) is 4.15. The van der Waals surface area contributed by atoms with E-state index in [-0.39, 0.29) is 6.04 Å². The van der Waals surface area contributed by atoms with Gasteiger partial charge in [0, 0.05) is 31.7 Å². The maximum atomic E-state index is 6.22. The van der Waals surface area contributed by atoms with Crippen molar-refractivity contribution in [1.29, 1.82) is 0 Å². The Bertz CT molecular complexity index is 604. The van der Waals surface area contributed by atoms with Crippen LogP contribution in [0.5, 0.6) is 0 Å². The maximum Gasteiger partial charge on any atom is 0.151 e. The Labute approximate surface area is 127 Å². The average molecular weight is 286 g/mol. The maximum absolute atomic E-state index is 6.22. The number of hydrogen-bond donors (Lipinski definition) is 1. The summed E-state index contributed by atoms with van der Waals surface area (Å²) < 4.78 is 2.21. The lowest BCUT2D eigenvalue weighted by molar-refractivity contribution is 0.443. The lowest BCUT2D eigenvalue weighted by Gasteiger charge is -2.32. The monoisotopic (exact) mass is 286 g/mol. The van der Waals surface area contributed by atoms with Crippen LogP contribution in [0.2, 0.25) is 0 Å². The number of nitrogens with zero attached hydrogens (tertiary/aromatic N) is 3. The summed E-state index contributed by atoms with van der Waals surface area (Å²) in [5.74, 6) is 1.90. The van der Waals surface area contributed by atoms with Crippen molar-refractivity contribution >= 4 is 11.5 Å². The van der Waals surface area contributed by atoms with Gasteiger partial charge in [0.15, 0.2) is 5.82 Å². The fourth-order valence-electron chi connectivity index (χ4n) is 3.25. The van der Waals surface area contributed by atoms with Crippen LogP contribution in [0, 0.1) is 5.92 Å². The molecule has 2 unspecified atom stereocenters. The van der Waals surface area contributed by atoms with Crippen molar-refractivity contribution in [1.82, 2.24) is 9.38 Å². The molecule has 3 heterocycles. The summed E-state index contributed by atoms with van der Waals surface area (Å²) in [4.78, 5) is 7.35. The summed E-state index contributed by atoms with van der Waals surface area (Å²) in [6.07, 6.45) is 6.58. The Hall–Kier alpha value is -1.55. The topological polar surface area (TPSA) is 46.6 Å². The van der Waals surface area contributed by atoms with Crippen LogP contribution in [0.3, 0.4) is 0 Å². The smallest absolute Gasteiger partial charge is 0.151 e. The predicted molar refractivity (Wildman–Crippen MR) is 87.8 cm³/mol. The number of aromatic nitrogens is 2. The van der Waals surface area contributed by atoms with Gasteiger partial charge in [0.05, 0.1) is 5.69 Å². The number of fused-ring (bicyclic) bond motifs is 1. The fraction of sp³-hybridized carbons (Fsp3) is 0.588. The van der Waals surface area contributed by atoms with E-state index in [0.29, 0.717) is 0 Å². The first kappa shape index (κ1) is 14.4. The molecule has 21 heavy (non-hydrogen) atoms. The minimum Gasteiger partial charge on any atom is -0.355 e. The van der Waals surface area contributed by atoms with E-state index >= 15 is 0 Å². The van der Waals surface area contributed by atoms with Crippen LogP contribution in [0.1, 0.15) is 38.8 Å². The van der Waals surface area contributed by atoms with Gasteiger partial charge in [-0.1, -0.05) is 19.9 Å². The van der Waals surface area contributed by atoms with E-state index in [1.54, 1.807) is 0 Å². The molecule has 2 atom stereocenters. The van der Waals surface area contributed by atoms with E-state index in [1.165, 1.54) is 18.5 Å². The van der Waals surface area contributed by atoms with E-state index in [9.17, 15) is 0 Å². The molecule has 2 N–H and O–H groups in total. The molecule has 3 rings (SSSR count). The number of pyridine rings is 1. The normalized spacial score (nSPS) is 20.9. The molecule has 0 radical (unpaired) electrons. The second-order valence-corrected chi connectivity index (χ2v) is 6.38. The van der Waals surface area contributed by atoms with Gasteiger partial charge in [0.1, 0.15) is 5.65 Å². The summed E-state index contributed by atoms with van der Waals surface area (Å²) in [6.45, 7) is 6.71. The molecule has 4 heteroatoms. The first-order chi connectivity index (χ1) is 10.2. The first-order valence-corrected chi connectivity index (χ1v) is 8.15. The van der Waals surface area contributed by atoms with Crippen LogP contribution < -0.4 is 10.6 Å². The molecule has 0 bridgehead atoms. The molecule has 114 valence electrons.